The molecule has 5 nitrogen and oxygen atoms in total. The quantitative estimate of drug-likeness (QED) is 0.871. The van der Waals surface area contributed by atoms with E-state index in [9.17, 15) is 9.59 Å². The van der Waals surface area contributed by atoms with Gasteiger partial charge in [-0.3, -0.25) is 14.5 Å². The van der Waals surface area contributed by atoms with Crippen LogP contribution in [-0.4, -0.2) is 29.9 Å². The fourth-order valence-corrected chi connectivity index (χ4v) is 2.48. The Morgan fingerprint density at radius 2 is 2.53 bits per heavy atom. The molecule has 0 spiro atoms. The van der Waals surface area contributed by atoms with Gasteiger partial charge in [0.2, 0.25) is 11.8 Å². The van der Waals surface area contributed by atoms with Crippen LogP contribution in [0, 0.1) is 5.92 Å². The van der Waals surface area contributed by atoms with Gasteiger partial charge in [0.05, 0.1) is 5.92 Å². The SMILES string of the molecule is CCCNC(=O)C1CC(=O)N(c2nccs2)C1. The summed E-state index contributed by atoms with van der Waals surface area (Å²) < 4.78 is 0. The van der Waals surface area contributed by atoms with Crippen LogP contribution in [0.2, 0.25) is 0 Å². The van der Waals surface area contributed by atoms with E-state index in [1.54, 1.807) is 11.1 Å². The Kier molecular flexibility index (Phi) is 3.73. The zero-order valence-electron chi connectivity index (χ0n) is 9.68. The molecule has 1 aromatic heterocycles. The second kappa shape index (κ2) is 5.27. The van der Waals surface area contributed by atoms with Crippen LogP contribution < -0.4 is 10.2 Å². The van der Waals surface area contributed by atoms with Crippen molar-refractivity contribution >= 4 is 28.3 Å². The van der Waals surface area contributed by atoms with Crippen molar-refractivity contribution in [1.29, 1.82) is 0 Å². The standard InChI is InChI=1S/C11H15N3O2S/c1-2-3-12-10(16)8-6-9(15)14(7-8)11-13-4-5-17-11/h4-5,8H,2-3,6-7H2,1H3,(H,12,16). The first-order chi connectivity index (χ1) is 8.22. The number of amides is 2. The number of carbonyl (C=O) groups is 2. The largest absolute Gasteiger partial charge is 0.356 e. The Morgan fingerprint density at radius 1 is 1.71 bits per heavy atom. The topological polar surface area (TPSA) is 62.3 Å². The molecule has 6 heteroatoms. The van der Waals surface area contributed by atoms with E-state index in [0.29, 0.717) is 18.2 Å². The summed E-state index contributed by atoms with van der Waals surface area (Å²) in [6, 6.07) is 0. The fraction of sp³-hybridized carbons (Fsp3) is 0.545. The number of carbonyl (C=O) groups excluding carboxylic acids is 2. The van der Waals surface area contributed by atoms with Gasteiger partial charge in [-0.05, 0) is 6.42 Å². The summed E-state index contributed by atoms with van der Waals surface area (Å²) in [6.07, 6.45) is 2.86. The lowest BCUT2D eigenvalue weighted by Gasteiger charge is -2.12. The molecule has 2 heterocycles. The summed E-state index contributed by atoms with van der Waals surface area (Å²) in [5, 5.41) is 5.33. The van der Waals surface area contributed by atoms with Crippen LogP contribution >= 0.6 is 11.3 Å². The molecule has 1 aliphatic heterocycles. The predicted molar refractivity (Wildman–Crippen MR) is 65.9 cm³/mol. The Morgan fingerprint density at radius 3 is 3.18 bits per heavy atom. The Bertz CT molecular complexity index is 405. The Hall–Kier alpha value is -1.43. The number of rotatable bonds is 4. The first-order valence-electron chi connectivity index (χ1n) is 5.70. The number of thiazole rings is 1. The van der Waals surface area contributed by atoms with Gasteiger partial charge in [0.15, 0.2) is 5.13 Å². The van der Waals surface area contributed by atoms with E-state index in [4.69, 9.17) is 0 Å². The second-order valence-electron chi connectivity index (χ2n) is 4.01. The smallest absolute Gasteiger partial charge is 0.229 e. The molecular weight excluding hydrogens is 238 g/mol. The lowest BCUT2D eigenvalue weighted by Crippen LogP contribution is -2.33. The van der Waals surface area contributed by atoms with Gasteiger partial charge in [-0.15, -0.1) is 11.3 Å². The third-order valence-corrected chi connectivity index (χ3v) is 3.49. The van der Waals surface area contributed by atoms with Crippen molar-refractivity contribution in [2.24, 2.45) is 5.92 Å². The van der Waals surface area contributed by atoms with Crippen LogP contribution in [0.4, 0.5) is 5.13 Å². The molecule has 1 saturated heterocycles. The summed E-state index contributed by atoms with van der Waals surface area (Å²) in [5.41, 5.74) is 0. The van der Waals surface area contributed by atoms with E-state index in [-0.39, 0.29) is 24.2 Å². The average Bonchev–Trinajstić information content (AvgIpc) is 2.94. The minimum atomic E-state index is -0.238. The van der Waals surface area contributed by atoms with Crippen molar-refractivity contribution in [2.45, 2.75) is 19.8 Å². The maximum atomic E-state index is 11.8. The number of nitrogens with one attached hydrogen (secondary N) is 1. The van der Waals surface area contributed by atoms with Crippen LogP contribution in [-0.2, 0) is 9.59 Å². The van der Waals surface area contributed by atoms with E-state index < -0.39 is 0 Å². The number of anilines is 1. The third-order valence-electron chi connectivity index (χ3n) is 2.70. The van der Waals surface area contributed by atoms with Crippen molar-refractivity contribution in [1.82, 2.24) is 10.3 Å². The van der Waals surface area contributed by atoms with Crippen LogP contribution in [0.1, 0.15) is 19.8 Å². The number of nitrogens with zero attached hydrogens (tertiary/aromatic N) is 2. The number of hydrogen-bond acceptors (Lipinski definition) is 4. The number of aromatic nitrogens is 1. The van der Waals surface area contributed by atoms with E-state index in [1.165, 1.54) is 11.3 Å². The highest BCUT2D eigenvalue weighted by atomic mass is 32.1. The number of hydrogen-bond donors (Lipinski definition) is 1. The van der Waals surface area contributed by atoms with Gasteiger partial charge in [0.25, 0.3) is 0 Å². The molecule has 1 fully saturated rings. The van der Waals surface area contributed by atoms with Crippen LogP contribution in [0.15, 0.2) is 11.6 Å². The molecule has 1 aromatic rings. The normalized spacial score (nSPS) is 19.7. The molecule has 0 bridgehead atoms. The van der Waals surface area contributed by atoms with Gasteiger partial charge in [-0.25, -0.2) is 4.98 Å². The zero-order chi connectivity index (χ0) is 12.3. The molecule has 0 aliphatic carbocycles. The molecule has 2 amide bonds. The summed E-state index contributed by atoms with van der Waals surface area (Å²) in [5.74, 6) is -0.284. The van der Waals surface area contributed by atoms with Gasteiger partial charge in [-0.1, -0.05) is 6.92 Å². The molecule has 1 atom stereocenters. The minimum absolute atomic E-state index is 0.0170. The monoisotopic (exact) mass is 253 g/mol. The highest BCUT2D eigenvalue weighted by molar-refractivity contribution is 7.13. The van der Waals surface area contributed by atoms with Gasteiger partial charge in [0, 0.05) is 31.1 Å². The Labute approximate surface area is 104 Å². The average molecular weight is 253 g/mol. The van der Waals surface area contributed by atoms with Gasteiger partial charge < -0.3 is 5.32 Å². The molecule has 17 heavy (non-hydrogen) atoms. The minimum Gasteiger partial charge on any atom is -0.356 e. The molecule has 2 rings (SSSR count). The van der Waals surface area contributed by atoms with Crippen molar-refractivity contribution in [2.75, 3.05) is 18.0 Å². The second-order valence-corrected chi connectivity index (χ2v) is 4.88. The molecule has 0 aromatic carbocycles. The van der Waals surface area contributed by atoms with Crippen LogP contribution in [0.25, 0.3) is 0 Å². The highest BCUT2D eigenvalue weighted by Gasteiger charge is 2.35. The summed E-state index contributed by atoms with van der Waals surface area (Å²) in [6.45, 7) is 3.12. The van der Waals surface area contributed by atoms with Gasteiger partial charge in [0.1, 0.15) is 0 Å². The van der Waals surface area contributed by atoms with Gasteiger partial charge >= 0.3 is 0 Å². The first-order valence-corrected chi connectivity index (χ1v) is 6.58. The predicted octanol–water partition coefficient (Wildman–Crippen LogP) is 1.02. The fourth-order valence-electron chi connectivity index (χ4n) is 1.81. The van der Waals surface area contributed by atoms with Crippen LogP contribution in [0.3, 0.4) is 0 Å². The molecule has 0 radical (unpaired) electrons. The lowest BCUT2D eigenvalue weighted by molar-refractivity contribution is -0.126. The van der Waals surface area contributed by atoms with E-state index in [0.717, 1.165) is 6.42 Å². The summed E-state index contributed by atoms with van der Waals surface area (Å²) >= 11 is 1.42. The van der Waals surface area contributed by atoms with Crippen molar-refractivity contribution in [3.63, 3.8) is 0 Å². The highest BCUT2D eigenvalue weighted by Crippen LogP contribution is 2.26. The molecule has 1 unspecified atom stereocenters. The molecule has 1 N–H and O–H groups in total. The lowest BCUT2D eigenvalue weighted by atomic mass is 10.1. The zero-order valence-corrected chi connectivity index (χ0v) is 10.5. The van der Waals surface area contributed by atoms with E-state index in [1.807, 2.05) is 12.3 Å². The van der Waals surface area contributed by atoms with Crippen molar-refractivity contribution in [3.05, 3.63) is 11.6 Å². The molecule has 0 saturated carbocycles. The van der Waals surface area contributed by atoms with Crippen LogP contribution in [0.5, 0.6) is 0 Å². The first kappa shape index (κ1) is 12.0. The van der Waals surface area contributed by atoms with E-state index >= 15 is 0 Å². The maximum Gasteiger partial charge on any atom is 0.229 e. The molecular formula is C11H15N3O2S. The molecule has 92 valence electrons. The summed E-state index contributed by atoms with van der Waals surface area (Å²) in [7, 11) is 0. The Balaban J connectivity index is 1.97. The van der Waals surface area contributed by atoms with Crippen molar-refractivity contribution in [3.8, 4) is 0 Å². The van der Waals surface area contributed by atoms with E-state index in [2.05, 4.69) is 10.3 Å². The van der Waals surface area contributed by atoms with Gasteiger partial charge in [-0.2, -0.15) is 0 Å². The third kappa shape index (κ3) is 2.63. The summed E-state index contributed by atoms with van der Waals surface area (Å²) in [4.78, 5) is 29.2. The maximum absolute atomic E-state index is 11.8. The van der Waals surface area contributed by atoms with Crippen molar-refractivity contribution < 1.29 is 9.59 Å². The molecule has 1 aliphatic rings.